The van der Waals surface area contributed by atoms with Crippen LogP contribution in [0.2, 0.25) is 0 Å². The minimum Gasteiger partial charge on any atom is -0.492 e. The number of hydrogen-bond acceptors (Lipinski definition) is 3. The van der Waals surface area contributed by atoms with Crippen molar-refractivity contribution in [3.05, 3.63) is 59.2 Å². The van der Waals surface area contributed by atoms with Crippen molar-refractivity contribution in [3.8, 4) is 5.75 Å². The van der Waals surface area contributed by atoms with Crippen molar-refractivity contribution in [1.29, 1.82) is 0 Å². The maximum atomic E-state index is 12.1. The van der Waals surface area contributed by atoms with E-state index in [2.05, 4.69) is 5.32 Å². The Morgan fingerprint density at radius 2 is 1.90 bits per heavy atom. The Bertz CT molecular complexity index is 621. The van der Waals surface area contributed by atoms with E-state index >= 15 is 0 Å². The Hall–Kier alpha value is -2.49. The lowest BCUT2D eigenvalue weighted by molar-refractivity contribution is 0.0951. The van der Waals surface area contributed by atoms with Crippen molar-refractivity contribution >= 4 is 11.6 Å². The Morgan fingerprint density at radius 1 is 1.19 bits per heavy atom. The average Bonchev–Trinajstić information content (AvgIpc) is 2.48. The second kappa shape index (κ2) is 6.79. The van der Waals surface area contributed by atoms with Crippen LogP contribution in [0.25, 0.3) is 0 Å². The number of carbonyl (C=O) groups excluding carboxylic acids is 1. The molecule has 0 aliphatic carbocycles. The van der Waals surface area contributed by atoms with Crippen LogP contribution in [-0.2, 0) is 6.54 Å². The van der Waals surface area contributed by atoms with E-state index in [0.29, 0.717) is 30.2 Å². The molecule has 2 aromatic rings. The van der Waals surface area contributed by atoms with Gasteiger partial charge < -0.3 is 15.8 Å². The predicted octanol–water partition coefficient (Wildman–Crippen LogP) is 2.91. The van der Waals surface area contributed by atoms with Gasteiger partial charge in [0.25, 0.3) is 5.91 Å². The third-order valence-electron chi connectivity index (χ3n) is 3.15. The van der Waals surface area contributed by atoms with Crippen LogP contribution in [0.15, 0.2) is 42.5 Å². The van der Waals surface area contributed by atoms with Gasteiger partial charge in [0.15, 0.2) is 0 Å². The largest absolute Gasteiger partial charge is 0.492 e. The fourth-order valence-electron chi connectivity index (χ4n) is 1.97. The van der Waals surface area contributed by atoms with Crippen molar-refractivity contribution in [3.63, 3.8) is 0 Å². The number of anilines is 1. The number of nitrogens with two attached hydrogens (primary N) is 1. The molecule has 0 heterocycles. The van der Waals surface area contributed by atoms with Crippen LogP contribution < -0.4 is 15.8 Å². The molecular weight excluding hydrogens is 264 g/mol. The normalized spacial score (nSPS) is 10.2. The van der Waals surface area contributed by atoms with E-state index in [9.17, 15) is 4.79 Å². The Kier molecular flexibility index (Phi) is 4.82. The number of rotatable bonds is 5. The number of ether oxygens (including phenoxy) is 1. The molecule has 0 aliphatic heterocycles. The zero-order valence-electron chi connectivity index (χ0n) is 12.3. The second-order valence-electron chi connectivity index (χ2n) is 4.85. The van der Waals surface area contributed by atoms with Gasteiger partial charge in [-0.15, -0.1) is 0 Å². The predicted molar refractivity (Wildman–Crippen MR) is 84.4 cm³/mol. The summed E-state index contributed by atoms with van der Waals surface area (Å²) in [5.74, 6) is 0.456. The highest BCUT2D eigenvalue weighted by Gasteiger charge is 2.08. The van der Waals surface area contributed by atoms with Crippen molar-refractivity contribution in [2.24, 2.45) is 0 Å². The van der Waals surface area contributed by atoms with Gasteiger partial charge in [0.1, 0.15) is 5.75 Å². The molecule has 0 radical (unpaired) electrons. The number of carbonyl (C=O) groups is 1. The Morgan fingerprint density at radius 3 is 2.52 bits per heavy atom. The Balaban J connectivity index is 2.00. The van der Waals surface area contributed by atoms with Crippen LogP contribution in [0, 0.1) is 6.92 Å². The lowest BCUT2D eigenvalue weighted by atomic mass is 10.1. The highest BCUT2D eigenvalue weighted by molar-refractivity contribution is 5.95. The average molecular weight is 284 g/mol. The van der Waals surface area contributed by atoms with Crippen molar-refractivity contribution in [1.82, 2.24) is 5.32 Å². The summed E-state index contributed by atoms with van der Waals surface area (Å²) < 4.78 is 5.36. The summed E-state index contributed by atoms with van der Waals surface area (Å²) in [4.78, 5) is 12.1. The molecule has 0 fully saturated rings. The molecule has 4 nitrogen and oxygen atoms in total. The first-order valence-corrected chi connectivity index (χ1v) is 6.96. The van der Waals surface area contributed by atoms with E-state index in [0.717, 1.165) is 5.56 Å². The molecule has 0 saturated heterocycles. The van der Waals surface area contributed by atoms with E-state index < -0.39 is 0 Å². The molecule has 2 rings (SSSR count). The molecule has 0 aromatic heterocycles. The number of nitrogens with one attached hydrogen (secondary N) is 1. The van der Waals surface area contributed by atoms with Crippen LogP contribution in [0.5, 0.6) is 5.75 Å². The van der Waals surface area contributed by atoms with Gasteiger partial charge in [-0.05, 0) is 37.6 Å². The van der Waals surface area contributed by atoms with Crippen molar-refractivity contribution < 1.29 is 9.53 Å². The summed E-state index contributed by atoms with van der Waals surface area (Å²) in [6.07, 6.45) is 0. The molecule has 1 amide bonds. The second-order valence-corrected chi connectivity index (χ2v) is 4.85. The van der Waals surface area contributed by atoms with Crippen LogP contribution in [-0.4, -0.2) is 12.5 Å². The molecule has 21 heavy (non-hydrogen) atoms. The third kappa shape index (κ3) is 3.99. The van der Waals surface area contributed by atoms with Crippen molar-refractivity contribution in [2.45, 2.75) is 20.4 Å². The number of hydrogen-bond donors (Lipinski definition) is 2. The minimum atomic E-state index is -0.148. The molecule has 3 N–H and O–H groups in total. The summed E-state index contributed by atoms with van der Waals surface area (Å²) in [6.45, 7) is 4.96. The first-order chi connectivity index (χ1) is 10.1. The van der Waals surface area contributed by atoms with E-state index in [-0.39, 0.29) is 5.91 Å². The zero-order chi connectivity index (χ0) is 15.2. The molecular formula is C17H20N2O2. The van der Waals surface area contributed by atoms with Gasteiger partial charge in [0, 0.05) is 12.1 Å². The molecule has 0 spiro atoms. The van der Waals surface area contributed by atoms with E-state index in [4.69, 9.17) is 10.5 Å². The summed E-state index contributed by atoms with van der Waals surface area (Å²) in [6, 6.07) is 13.1. The monoisotopic (exact) mass is 284 g/mol. The number of aryl methyl sites for hydroxylation is 1. The SMILES string of the molecule is CCOc1ccc(C(=O)NCc2ccc(C)cc2)cc1N. The fourth-order valence-corrected chi connectivity index (χ4v) is 1.97. The van der Waals surface area contributed by atoms with Crippen LogP contribution in [0.3, 0.4) is 0 Å². The highest BCUT2D eigenvalue weighted by atomic mass is 16.5. The Labute approximate surface area is 124 Å². The summed E-state index contributed by atoms with van der Waals surface area (Å²) in [5, 5.41) is 2.88. The lowest BCUT2D eigenvalue weighted by Crippen LogP contribution is -2.22. The first-order valence-electron chi connectivity index (χ1n) is 6.96. The lowest BCUT2D eigenvalue weighted by Gasteiger charge is -2.09. The van der Waals surface area contributed by atoms with Crippen LogP contribution in [0.1, 0.15) is 28.4 Å². The highest BCUT2D eigenvalue weighted by Crippen LogP contribution is 2.22. The van der Waals surface area contributed by atoms with Gasteiger partial charge >= 0.3 is 0 Å². The number of amides is 1. The fraction of sp³-hybridized carbons (Fsp3) is 0.235. The molecule has 0 unspecified atom stereocenters. The first kappa shape index (κ1) is 14.9. The third-order valence-corrected chi connectivity index (χ3v) is 3.15. The van der Waals surface area contributed by atoms with E-state index in [1.807, 2.05) is 38.1 Å². The maximum absolute atomic E-state index is 12.1. The molecule has 2 aromatic carbocycles. The molecule has 110 valence electrons. The van der Waals surface area contributed by atoms with Gasteiger partial charge in [0.2, 0.25) is 0 Å². The van der Waals surface area contributed by atoms with E-state index in [1.54, 1.807) is 18.2 Å². The van der Waals surface area contributed by atoms with E-state index in [1.165, 1.54) is 5.56 Å². The summed E-state index contributed by atoms with van der Waals surface area (Å²) >= 11 is 0. The van der Waals surface area contributed by atoms with Gasteiger partial charge in [-0.2, -0.15) is 0 Å². The molecule has 0 atom stereocenters. The zero-order valence-corrected chi connectivity index (χ0v) is 12.3. The van der Waals surface area contributed by atoms with Crippen molar-refractivity contribution in [2.75, 3.05) is 12.3 Å². The summed E-state index contributed by atoms with van der Waals surface area (Å²) in [7, 11) is 0. The van der Waals surface area contributed by atoms with Crippen LogP contribution in [0.4, 0.5) is 5.69 Å². The smallest absolute Gasteiger partial charge is 0.251 e. The van der Waals surface area contributed by atoms with Gasteiger partial charge in [-0.25, -0.2) is 0 Å². The number of benzene rings is 2. The van der Waals surface area contributed by atoms with Gasteiger partial charge in [-0.1, -0.05) is 29.8 Å². The molecule has 0 saturated carbocycles. The standard InChI is InChI=1S/C17H20N2O2/c1-3-21-16-9-8-14(10-15(16)18)17(20)19-11-13-6-4-12(2)5-7-13/h4-10H,3,11,18H2,1-2H3,(H,19,20). The van der Waals surface area contributed by atoms with Gasteiger partial charge in [0.05, 0.1) is 12.3 Å². The molecule has 0 aliphatic rings. The number of nitrogen functional groups attached to an aromatic ring is 1. The van der Waals surface area contributed by atoms with Gasteiger partial charge in [-0.3, -0.25) is 4.79 Å². The molecule has 0 bridgehead atoms. The topological polar surface area (TPSA) is 64.3 Å². The quantitative estimate of drug-likeness (QED) is 0.830. The maximum Gasteiger partial charge on any atom is 0.251 e. The minimum absolute atomic E-state index is 0.148. The summed E-state index contributed by atoms with van der Waals surface area (Å²) in [5.41, 5.74) is 9.13. The van der Waals surface area contributed by atoms with Crippen LogP contribution >= 0.6 is 0 Å². The molecule has 4 heteroatoms.